The molecule has 114 valence electrons. The second kappa shape index (κ2) is 8.40. The summed E-state index contributed by atoms with van der Waals surface area (Å²) in [5.41, 5.74) is 0.785. The molecule has 0 amide bonds. The van der Waals surface area contributed by atoms with E-state index in [1.165, 1.54) is 0 Å². The molecular formula is C17H30N2O. The Balaban J connectivity index is 2.93. The molecule has 0 aliphatic carbocycles. The highest BCUT2D eigenvalue weighted by molar-refractivity contribution is 5.25. The summed E-state index contributed by atoms with van der Waals surface area (Å²) in [5, 5.41) is 13.6. The number of hydrogen-bond acceptors (Lipinski definition) is 3. The van der Waals surface area contributed by atoms with Crippen LogP contribution in [-0.4, -0.2) is 43.3 Å². The summed E-state index contributed by atoms with van der Waals surface area (Å²) in [4.78, 5) is 2.30. The molecule has 0 fully saturated rings. The van der Waals surface area contributed by atoms with E-state index in [2.05, 4.69) is 50.2 Å². The summed E-state index contributed by atoms with van der Waals surface area (Å²) in [7, 11) is 2.13. The van der Waals surface area contributed by atoms with Crippen LogP contribution in [0.4, 0.5) is 0 Å². The normalized spacial score (nSPS) is 14.8. The Morgan fingerprint density at radius 1 is 1.25 bits per heavy atom. The standard InChI is InChI=1S/C17H30N2O/c1-5-11-18-17(14-20,13-19(4)12-15(2)3)16-9-7-6-8-10-16/h6-10,15,18,20H,5,11-14H2,1-4H3. The molecule has 0 aromatic heterocycles. The Labute approximate surface area is 124 Å². The Bertz CT molecular complexity index is 367. The van der Waals surface area contributed by atoms with Crippen molar-refractivity contribution < 1.29 is 5.11 Å². The van der Waals surface area contributed by atoms with E-state index in [1.54, 1.807) is 0 Å². The molecule has 0 aliphatic heterocycles. The fourth-order valence-corrected chi connectivity index (χ4v) is 2.72. The van der Waals surface area contributed by atoms with Crippen LogP contribution in [0.3, 0.4) is 0 Å². The van der Waals surface area contributed by atoms with E-state index in [-0.39, 0.29) is 12.1 Å². The van der Waals surface area contributed by atoms with Crippen molar-refractivity contribution >= 4 is 0 Å². The highest BCUT2D eigenvalue weighted by atomic mass is 16.3. The van der Waals surface area contributed by atoms with Crippen molar-refractivity contribution in [3.63, 3.8) is 0 Å². The molecule has 1 unspecified atom stereocenters. The second-order valence-electron chi connectivity index (χ2n) is 6.12. The molecule has 1 aromatic rings. The molecule has 0 saturated heterocycles. The minimum atomic E-state index is -0.374. The van der Waals surface area contributed by atoms with Crippen molar-refractivity contribution in [3.8, 4) is 0 Å². The first kappa shape index (κ1) is 17.2. The topological polar surface area (TPSA) is 35.5 Å². The van der Waals surface area contributed by atoms with Gasteiger partial charge < -0.3 is 15.3 Å². The van der Waals surface area contributed by atoms with Gasteiger partial charge in [-0.3, -0.25) is 0 Å². The van der Waals surface area contributed by atoms with Crippen LogP contribution in [0.15, 0.2) is 30.3 Å². The van der Waals surface area contributed by atoms with Gasteiger partial charge in [0.2, 0.25) is 0 Å². The number of benzene rings is 1. The highest BCUT2D eigenvalue weighted by Crippen LogP contribution is 2.22. The maximum Gasteiger partial charge on any atom is 0.0797 e. The molecule has 0 aliphatic rings. The van der Waals surface area contributed by atoms with Crippen LogP contribution in [0.5, 0.6) is 0 Å². The van der Waals surface area contributed by atoms with Gasteiger partial charge in [-0.25, -0.2) is 0 Å². The second-order valence-corrected chi connectivity index (χ2v) is 6.12. The fraction of sp³-hybridized carbons (Fsp3) is 0.647. The van der Waals surface area contributed by atoms with Gasteiger partial charge in [-0.1, -0.05) is 51.1 Å². The maximum absolute atomic E-state index is 10.1. The average Bonchev–Trinajstić information content (AvgIpc) is 2.43. The van der Waals surface area contributed by atoms with Crippen LogP contribution in [-0.2, 0) is 5.54 Å². The predicted molar refractivity (Wildman–Crippen MR) is 85.8 cm³/mol. The molecule has 0 radical (unpaired) electrons. The fourth-order valence-electron chi connectivity index (χ4n) is 2.72. The first-order chi connectivity index (χ1) is 9.54. The van der Waals surface area contributed by atoms with E-state index >= 15 is 0 Å². The Morgan fingerprint density at radius 2 is 1.90 bits per heavy atom. The zero-order chi connectivity index (χ0) is 15.0. The first-order valence-corrected chi connectivity index (χ1v) is 7.64. The smallest absolute Gasteiger partial charge is 0.0797 e. The number of likely N-dealkylation sites (N-methyl/N-ethyl adjacent to an activating group) is 1. The molecule has 1 rings (SSSR count). The Hall–Kier alpha value is -0.900. The summed E-state index contributed by atoms with van der Waals surface area (Å²) in [6.45, 7) is 9.45. The number of aliphatic hydroxyl groups excluding tert-OH is 1. The van der Waals surface area contributed by atoms with Crippen LogP contribution in [0.2, 0.25) is 0 Å². The molecule has 20 heavy (non-hydrogen) atoms. The van der Waals surface area contributed by atoms with Crippen LogP contribution in [0.1, 0.15) is 32.8 Å². The molecule has 0 saturated carbocycles. The van der Waals surface area contributed by atoms with Crippen LogP contribution in [0, 0.1) is 5.92 Å². The molecule has 1 aromatic carbocycles. The van der Waals surface area contributed by atoms with E-state index in [1.807, 2.05) is 18.2 Å². The highest BCUT2D eigenvalue weighted by Gasteiger charge is 2.32. The third-order valence-electron chi connectivity index (χ3n) is 3.53. The van der Waals surface area contributed by atoms with E-state index in [0.29, 0.717) is 5.92 Å². The van der Waals surface area contributed by atoms with Gasteiger partial charge in [-0.05, 0) is 31.5 Å². The van der Waals surface area contributed by atoms with Crippen molar-refractivity contribution in [2.75, 3.05) is 33.3 Å². The lowest BCUT2D eigenvalue weighted by Gasteiger charge is -2.38. The SMILES string of the molecule is CCCNC(CO)(CN(C)CC(C)C)c1ccccc1. The van der Waals surface area contributed by atoms with Gasteiger partial charge in [0.1, 0.15) is 0 Å². The lowest BCUT2D eigenvalue weighted by Crippen LogP contribution is -2.53. The van der Waals surface area contributed by atoms with Crippen molar-refractivity contribution in [3.05, 3.63) is 35.9 Å². The molecule has 3 nitrogen and oxygen atoms in total. The van der Waals surface area contributed by atoms with E-state index in [4.69, 9.17) is 0 Å². The summed E-state index contributed by atoms with van der Waals surface area (Å²) in [6.07, 6.45) is 1.06. The van der Waals surface area contributed by atoms with Gasteiger partial charge in [0.15, 0.2) is 0 Å². The molecule has 0 bridgehead atoms. The van der Waals surface area contributed by atoms with Crippen LogP contribution >= 0.6 is 0 Å². The predicted octanol–water partition coefficient (Wildman–Crippen LogP) is 2.46. The summed E-state index contributed by atoms with van der Waals surface area (Å²) in [6, 6.07) is 10.3. The van der Waals surface area contributed by atoms with Gasteiger partial charge in [0, 0.05) is 13.1 Å². The van der Waals surface area contributed by atoms with Crippen molar-refractivity contribution in [2.45, 2.75) is 32.7 Å². The van der Waals surface area contributed by atoms with Crippen LogP contribution < -0.4 is 5.32 Å². The molecule has 2 N–H and O–H groups in total. The maximum atomic E-state index is 10.1. The molecule has 0 heterocycles. The van der Waals surface area contributed by atoms with Crippen molar-refractivity contribution in [1.29, 1.82) is 0 Å². The molecule has 3 heteroatoms. The Kier molecular flexibility index (Phi) is 7.20. The Morgan fingerprint density at radius 3 is 2.40 bits per heavy atom. The molecular weight excluding hydrogens is 248 g/mol. The number of rotatable bonds is 9. The number of nitrogens with one attached hydrogen (secondary N) is 1. The summed E-state index contributed by atoms with van der Waals surface area (Å²) < 4.78 is 0. The first-order valence-electron chi connectivity index (χ1n) is 7.64. The van der Waals surface area contributed by atoms with Gasteiger partial charge in [0.05, 0.1) is 12.1 Å². The van der Waals surface area contributed by atoms with Crippen LogP contribution in [0.25, 0.3) is 0 Å². The van der Waals surface area contributed by atoms with Gasteiger partial charge in [-0.15, -0.1) is 0 Å². The van der Waals surface area contributed by atoms with Gasteiger partial charge in [0.25, 0.3) is 0 Å². The minimum absolute atomic E-state index is 0.111. The average molecular weight is 278 g/mol. The molecule has 1 atom stereocenters. The van der Waals surface area contributed by atoms with Gasteiger partial charge in [-0.2, -0.15) is 0 Å². The minimum Gasteiger partial charge on any atom is -0.394 e. The van der Waals surface area contributed by atoms with E-state index in [9.17, 15) is 5.11 Å². The number of hydrogen-bond donors (Lipinski definition) is 2. The van der Waals surface area contributed by atoms with Gasteiger partial charge >= 0.3 is 0 Å². The quantitative estimate of drug-likeness (QED) is 0.728. The zero-order valence-electron chi connectivity index (χ0n) is 13.4. The lowest BCUT2D eigenvalue weighted by molar-refractivity contribution is 0.113. The summed E-state index contributed by atoms with van der Waals surface area (Å²) in [5.74, 6) is 0.623. The lowest BCUT2D eigenvalue weighted by atomic mass is 9.89. The zero-order valence-corrected chi connectivity index (χ0v) is 13.4. The summed E-state index contributed by atoms with van der Waals surface area (Å²) >= 11 is 0. The largest absolute Gasteiger partial charge is 0.394 e. The third-order valence-corrected chi connectivity index (χ3v) is 3.53. The number of aliphatic hydroxyl groups is 1. The van der Waals surface area contributed by atoms with Crippen molar-refractivity contribution in [1.82, 2.24) is 10.2 Å². The monoisotopic (exact) mass is 278 g/mol. The van der Waals surface area contributed by atoms with E-state index in [0.717, 1.165) is 31.6 Å². The van der Waals surface area contributed by atoms with Crippen molar-refractivity contribution in [2.24, 2.45) is 5.92 Å². The molecule has 0 spiro atoms. The third kappa shape index (κ3) is 4.89. The number of nitrogens with zero attached hydrogens (tertiary/aromatic N) is 1. The van der Waals surface area contributed by atoms with E-state index < -0.39 is 0 Å².